The second kappa shape index (κ2) is 17.6. The van der Waals surface area contributed by atoms with Crippen molar-refractivity contribution in [2.75, 3.05) is 0 Å². The van der Waals surface area contributed by atoms with Crippen molar-refractivity contribution in [1.29, 1.82) is 0 Å². The standard InChI is InChI=1S/C30H40O4/c1-2-21-26-22-17-13-9-7-8-10-14-18-23-27(30(32)33-26)28-24-19-15-11-5-3-4-6-12-16-20-25-29(31)34-28/h3-4,7-8,11-18,23,26,28H,2,5-6,9-10,19-22,24-25H2,1H3/b4-3+,8-7+,15-11+,16-12+,17-13+,18-14+,27-23-. The fraction of sp³-hybridized carbons (Fsp3) is 0.467. The predicted octanol–water partition coefficient (Wildman–Crippen LogP) is 7.41. The van der Waals surface area contributed by atoms with Gasteiger partial charge in [0.15, 0.2) is 0 Å². The van der Waals surface area contributed by atoms with E-state index in [1.54, 1.807) is 6.08 Å². The maximum Gasteiger partial charge on any atom is 0.338 e. The van der Waals surface area contributed by atoms with E-state index in [1.165, 1.54) is 0 Å². The van der Waals surface area contributed by atoms with E-state index in [9.17, 15) is 9.59 Å². The van der Waals surface area contributed by atoms with Gasteiger partial charge in [0.2, 0.25) is 0 Å². The van der Waals surface area contributed by atoms with E-state index in [1.807, 2.05) is 18.2 Å². The fourth-order valence-electron chi connectivity index (χ4n) is 3.74. The Bertz CT molecular complexity index is 823. The minimum absolute atomic E-state index is 0.192. The summed E-state index contributed by atoms with van der Waals surface area (Å²) < 4.78 is 11.8. The monoisotopic (exact) mass is 464 g/mol. The normalized spacial score (nSPS) is 31.0. The molecule has 34 heavy (non-hydrogen) atoms. The van der Waals surface area contributed by atoms with Crippen LogP contribution >= 0.6 is 0 Å². The molecule has 0 fully saturated rings. The van der Waals surface area contributed by atoms with Crippen molar-refractivity contribution in [2.24, 2.45) is 0 Å². The first-order valence-electron chi connectivity index (χ1n) is 12.7. The quantitative estimate of drug-likeness (QED) is 0.322. The molecule has 2 aliphatic heterocycles. The van der Waals surface area contributed by atoms with Gasteiger partial charge in [0.05, 0.1) is 5.57 Å². The maximum atomic E-state index is 13.3. The summed E-state index contributed by atoms with van der Waals surface area (Å²) in [5, 5.41) is 0. The lowest BCUT2D eigenvalue weighted by Crippen LogP contribution is -2.28. The molecule has 0 aromatic rings. The number of ether oxygens (including phenoxy) is 2. The number of carbonyl (C=O) groups excluding carboxylic acids is 2. The summed E-state index contributed by atoms with van der Waals surface area (Å²) >= 11 is 0. The lowest BCUT2D eigenvalue weighted by atomic mass is 10.0. The predicted molar refractivity (Wildman–Crippen MR) is 139 cm³/mol. The Hall–Kier alpha value is -2.88. The first-order valence-corrected chi connectivity index (χ1v) is 12.7. The molecule has 0 saturated carbocycles. The van der Waals surface area contributed by atoms with Crippen LogP contribution in [0.1, 0.15) is 77.6 Å². The van der Waals surface area contributed by atoms with Crippen molar-refractivity contribution in [3.8, 4) is 0 Å². The molecule has 0 amide bonds. The number of rotatable bonds is 3. The second-order valence-electron chi connectivity index (χ2n) is 8.50. The van der Waals surface area contributed by atoms with Crippen molar-refractivity contribution in [3.05, 3.63) is 84.6 Å². The van der Waals surface area contributed by atoms with E-state index in [0.29, 0.717) is 37.7 Å². The van der Waals surface area contributed by atoms with E-state index in [4.69, 9.17) is 9.47 Å². The van der Waals surface area contributed by atoms with Crippen LogP contribution in [0.2, 0.25) is 0 Å². The molecule has 0 N–H and O–H groups in total. The highest BCUT2D eigenvalue weighted by Crippen LogP contribution is 2.20. The summed E-state index contributed by atoms with van der Waals surface area (Å²) in [5.74, 6) is -0.691. The van der Waals surface area contributed by atoms with Gasteiger partial charge in [0.25, 0.3) is 0 Å². The lowest BCUT2D eigenvalue weighted by molar-refractivity contribution is -0.151. The molecule has 0 aromatic heterocycles. The van der Waals surface area contributed by atoms with Gasteiger partial charge >= 0.3 is 11.9 Å². The second-order valence-corrected chi connectivity index (χ2v) is 8.50. The van der Waals surface area contributed by atoms with Crippen molar-refractivity contribution in [3.63, 3.8) is 0 Å². The van der Waals surface area contributed by atoms with Gasteiger partial charge in [-0.25, -0.2) is 4.79 Å². The van der Waals surface area contributed by atoms with Gasteiger partial charge in [0, 0.05) is 12.8 Å². The number of carbonyl (C=O) groups is 2. The van der Waals surface area contributed by atoms with Crippen LogP contribution in [0.4, 0.5) is 0 Å². The highest BCUT2D eigenvalue weighted by molar-refractivity contribution is 5.90. The third-order valence-corrected chi connectivity index (χ3v) is 5.58. The van der Waals surface area contributed by atoms with Gasteiger partial charge in [-0.2, -0.15) is 0 Å². The number of esters is 2. The summed E-state index contributed by atoms with van der Waals surface area (Å²) in [6.45, 7) is 2.09. The molecule has 2 rings (SSSR count). The highest BCUT2D eigenvalue weighted by atomic mass is 16.6. The van der Waals surface area contributed by atoms with E-state index >= 15 is 0 Å². The van der Waals surface area contributed by atoms with Crippen LogP contribution in [0, 0.1) is 0 Å². The Labute approximate surface area is 205 Å². The van der Waals surface area contributed by atoms with Crippen LogP contribution < -0.4 is 0 Å². The first-order chi connectivity index (χ1) is 16.7. The Morgan fingerprint density at radius 3 is 2.09 bits per heavy atom. The topological polar surface area (TPSA) is 52.6 Å². The Morgan fingerprint density at radius 2 is 1.38 bits per heavy atom. The van der Waals surface area contributed by atoms with E-state index in [-0.39, 0.29) is 12.1 Å². The molecule has 4 heteroatoms. The number of hydrogen-bond donors (Lipinski definition) is 0. The molecular formula is C30H40O4. The van der Waals surface area contributed by atoms with Crippen molar-refractivity contribution in [2.45, 2.75) is 89.8 Å². The Balaban J connectivity index is 2.28. The zero-order valence-corrected chi connectivity index (χ0v) is 20.6. The smallest absolute Gasteiger partial charge is 0.338 e. The van der Waals surface area contributed by atoms with Crippen LogP contribution in [0.5, 0.6) is 0 Å². The molecule has 0 radical (unpaired) electrons. The molecule has 0 aliphatic carbocycles. The number of cyclic esters (lactones) is 2. The first kappa shape index (κ1) is 27.4. The average Bonchev–Trinajstić information content (AvgIpc) is 2.82. The fourth-order valence-corrected chi connectivity index (χ4v) is 3.74. The molecular weight excluding hydrogens is 424 g/mol. The van der Waals surface area contributed by atoms with Gasteiger partial charge in [-0.05, 0) is 57.4 Å². The summed E-state index contributed by atoms with van der Waals surface area (Å²) in [7, 11) is 0. The summed E-state index contributed by atoms with van der Waals surface area (Å²) in [5.41, 5.74) is 0.406. The van der Waals surface area contributed by atoms with E-state index in [0.717, 1.165) is 38.5 Å². The summed E-state index contributed by atoms with van der Waals surface area (Å²) in [4.78, 5) is 25.9. The third kappa shape index (κ3) is 11.8. The van der Waals surface area contributed by atoms with Crippen LogP contribution in [0.15, 0.2) is 84.6 Å². The van der Waals surface area contributed by atoms with Gasteiger partial charge in [-0.3, -0.25) is 4.79 Å². The van der Waals surface area contributed by atoms with Gasteiger partial charge < -0.3 is 9.47 Å². The molecule has 184 valence electrons. The molecule has 2 unspecified atom stereocenters. The van der Waals surface area contributed by atoms with Crippen LogP contribution in [-0.4, -0.2) is 24.1 Å². The highest BCUT2D eigenvalue weighted by Gasteiger charge is 2.27. The molecule has 0 bridgehead atoms. The average molecular weight is 465 g/mol. The van der Waals surface area contributed by atoms with Crippen molar-refractivity contribution in [1.82, 2.24) is 0 Å². The zero-order valence-electron chi connectivity index (χ0n) is 20.6. The summed E-state index contributed by atoms with van der Waals surface area (Å²) in [6.07, 6.45) is 33.7. The third-order valence-electron chi connectivity index (χ3n) is 5.58. The molecule has 2 aliphatic rings. The van der Waals surface area contributed by atoms with Crippen molar-refractivity contribution >= 4 is 11.9 Å². The van der Waals surface area contributed by atoms with Gasteiger partial charge in [-0.15, -0.1) is 0 Å². The Kier molecular flexibility index (Phi) is 14.1. The molecule has 4 nitrogen and oxygen atoms in total. The maximum absolute atomic E-state index is 13.3. The zero-order chi connectivity index (χ0) is 24.3. The van der Waals surface area contributed by atoms with E-state index in [2.05, 4.69) is 61.6 Å². The number of allylic oxidation sites excluding steroid dienone is 12. The number of hydrogen-bond acceptors (Lipinski definition) is 4. The molecule has 0 aromatic carbocycles. The van der Waals surface area contributed by atoms with Crippen molar-refractivity contribution < 1.29 is 19.1 Å². The molecule has 2 heterocycles. The minimum atomic E-state index is -0.639. The molecule has 0 spiro atoms. The van der Waals surface area contributed by atoms with Gasteiger partial charge in [-0.1, -0.05) is 86.3 Å². The Morgan fingerprint density at radius 1 is 0.765 bits per heavy atom. The van der Waals surface area contributed by atoms with E-state index < -0.39 is 12.1 Å². The van der Waals surface area contributed by atoms with Crippen LogP contribution in [0.3, 0.4) is 0 Å². The summed E-state index contributed by atoms with van der Waals surface area (Å²) in [6, 6.07) is 0. The molecule has 0 saturated heterocycles. The van der Waals surface area contributed by atoms with Crippen LogP contribution in [-0.2, 0) is 19.1 Å². The molecule has 2 atom stereocenters. The van der Waals surface area contributed by atoms with Gasteiger partial charge in [0.1, 0.15) is 12.2 Å². The van der Waals surface area contributed by atoms with Crippen LogP contribution in [0.25, 0.3) is 0 Å². The SMILES string of the molecule is CCCC1C/C=C/C/C=C/C/C=C/C=C(/C2CC/C=C/C/C=C/C/C=C/CCC(=O)O2)C(=O)O1. The largest absolute Gasteiger partial charge is 0.459 e. The lowest BCUT2D eigenvalue weighted by Gasteiger charge is -2.22. The minimum Gasteiger partial charge on any atom is -0.459 e.